The van der Waals surface area contributed by atoms with Gasteiger partial charge in [0.2, 0.25) is 0 Å². The first-order valence-electron chi connectivity index (χ1n) is 5.83. The standard InChI is InChI=1S/C14H17BrN2/c1-3-17-7-6-12(10-17)9-16-13-5-4-11(2)14(15)8-13/h4-8,10,16H,3,9H2,1-2H3. The third-order valence-corrected chi connectivity index (χ3v) is 3.70. The molecule has 2 rings (SSSR count). The first kappa shape index (κ1) is 12.2. The van der Waals surface area contributed by atoms with E-state index in [4.69, 9.17) is 0 Å². The summed E-state index contributed by atoms with van der Waals surface area (Å²) < 4.78 is 3.33. The Balaban J connectivity index is 1.99. The second-order valence-electron chi connectivity index (χ2n) is 4.17. The van der Waals surface area contributed by atoms with E-state index in [2.05, 4.69) is 76.3 Å². The first-order chi connectivity index (χ1) is 8.19. The number of anilines is 1. The van der Waals surface area contributed by atoms with E-state index in [1.807, 2.05) is 0 Å². The second kappa shape index (κ2) is 5.41. The van der Waals surface area contributed by atoms with Crippen LogP contribution in [-0.4, -0.2) is 4.57 Å². The minimum absolute atomic E-state index is 0.864. The van der Waals surface area contributed by atoms with E-state index < -0.39 is 0 Å². The van der Waals surface area contributed by atoms with Gasteiger partial charge < -0.3 is 9.88 Å². The summed E-state index contributed by atoms with van der Waals surface area (Å²) in [6.45, 7) is 6.13. The number of halogens is 1. The van der Waals surface area contributed by atoms with Crippen LogP contribution in [0.3, 0.4) is 0 Å². The van der Waals surface area contributed by atoms with Crippen LogP contribution >= 0.6 is 15.9 Å². The maximum Gasteiger partial charge on any atom is 0.0415 e. The summed E-state index contributed by atoms with van der Waals surface area (Å²) in [6.07, 6.45) is 4.29. The number of aryl methyl sites for hydroxylation is 2. The number of nitrogens with one attached hydrogen (secondary N) is 1. The Morgan fingerprint density at radius 3 is 2.76 bits per heavy atom. The van der Waals surface area contributed by atoms with Gasteiger partial charge in [-0.05, 0) is 43.2 Å². The fourth-order valence-electron chi connectivity index (χ4n) is 1.70. The smallest absolute Gasteiger partial charge is 0.0415 e. The molecule has 0 saturated heterocycles. The lowest BCUT2D eigenvalue weighted by molar-refractivity contribution is 0.766. The molecule has 0 unspecified atom stereocenters. The van der Waals surface area contributed by atoms with E-state index >= 15 is 0 Å². The molecule has 1 heterocycles. The highest BCUT2D eigenvalue weighted by Crippen LogP contribution is 2.21. The lowest BCUT2D eigenvalue weighted by Gasteiger charge is -2.07. The summed E-state index contributed by atoms with van der Waals surface area (Å²) in [4.78, 5) is 0. The van der Waals surface area contributed by atoms with Crippen molar-refractivity contribution in [3.63, 3.8) is 0 Å². The second-order valence-corrected chi connectivity index (χ2v) is 5.02. The van der Waals surface area contributed by atoms with Crippen LogP contribution < -0.4 is 5.32 Å². The third kappa shape index (κ3) is 3.13. The Morgan fingerprint density at radius 1 is 1.29 bits per heavy atom. The summed E-state index contributed by atoms with van der Waals surface area (Å²) in [5.74, 6) is 0. The molecule has 0 radical (unpaired) electrons. The SMILES string of the molecule is CCn1ccc(CNc2ccc(C)c(Br)c2)c1. The van der Waals surface area contributed by atoms with Gasteiger partial charge in [-0.3, -0.25) is 0 Å². The molecule has 90 valence electrons. The lowest BCUT2D eigenvalue weighted by Crippen LogP contribution is -1.98. The van der Waals surface area contributed by atoms with Crippen molar-refractivity contribution in [2.45, 2.75) is 26.9 Å². The zero-order chi connectivity index (χ0) is 12.3. The maximum atomic E-state index is 3.54. The van der Waals surface area contributed by atoms with Gasteiger partial charge in [0.15, 0.2) is 0 Å². The summed E-state index contributed by atoms with van der Waals surface area (Å²) in [7, 11) is 0. The summed E-state index contributed by atoms with van der Waals surface area (Å²) in [5, 5.41) is 3.42. The average Bonchev–Trinajstić information content (AvgIpc) is 2.79. The van der Waals surface area contributed by atoms with Crippen molar-refractivity contribution in [3.8, 4) is 0 Å². The van der Waals surface area contributed by atoms with Crippen LogP contribution in [0.4, 0.5) is 5.69 Å². The average molecular weight is 293 g/mol. The summed E-state index contributed by atoms with van der Waals surface area (Å²) in [6, 6.07) is 8.49. The van der Waals surface area contributed by atoms with Crippen molar-refractivity contribution in [1.29, 1.82) is 0 Å². The highest BCUT2D eigenvalue weighted by atomic mass is 79.9. The van der Waals surface area contributed by atoms with E-state index in [0.29, 0.717) is 0 Å². The van der Waals surface area contributed by atoms with Crippen LogP contribution in [0.1, 0.15) is 18.1 Å². The van der Waals surface area contributed by atoms with E-state index in [0.717, 1.165) is 23.2 Å². The topological polar surface area (TPSA) is 17.0 Å². The minimum Gasteiger partial charge on any atom is -0.381 e. The van der Waals surface area contributed by atoms with Crippen LogP contribution in [0.25, 0.3) is 0 Å². The fraction of sp³-hybridized carbons (Fsp3) is 0.286. The zero-order valence-corrected chi connectivity index (χ0v) is 11.8. The highest BCUT2D eigenvalue weighted by molar-refractivity contribution is 9.10. The molecule has 0 spiro atoms. The molecule has 0 fully saturated rings. The fourth-order valence-corrected chi connectivity index (χ4v) is 2.08. The molecule has 2 nitrogen and oxygen atoms in total. The van der Waals surface area contributed by atoms with Crippen molar-refractivity contribution in [2.24, 2.45) is 0 Å². The number of benzene rings is 1. The molecule has 3 heteroatoms. The number of nitrogens with zero attached hydrogens (tertiary/aromatic N) is 1. The van der Waals surface area contributed by atoms with E-state index in [-0.39, 0.29) is 0 Å². The maximum absolute atomic E-state index is 3.54. The quantitative estimate of drug-likeness (QED) is 0.894. The Kier molecular flexibility index (Phi) is 3.89. The highest BCUT2D eigenvalue weighted by Gasteiger charge is 1.99. The number of rotatable bonds is 4. The van der Waals surface area contributed by atoms with Crippen LogP contribution in [0.5, 0.6) is 0 Å². The third-order valence-electron chi connectivity index (χ3n) is 2.85. The molecule has 0 saturated carbocycles. The van der Waals surface area contributed by atoms with Gasteiger partial charge in [0, 0.05) is 35.6 Å². The molecule has 0 aliphatic rings. The molecule has 0 aliphatic carbocycles. The molecule has 17 heavy (non-hydrogen) atoms. The van der Waals surface area contributed by atoms with E-state index in [1.54, 1.807) is 0 Å². The van der Waals surface area contributed by atoms with Crippen LogP contribution in [0, 0.1) is 6.92 Å². The Bertz CT molecular complexity index is 503. The van der Waals surface area contributed by atoms with Crippen molar-refractivity contribution in [3.05, 3.63) is 52.3 Å². The predicted molar refractivity (Wildman–Crippen MR) is 76.3 cm³/mol. The molecule has 0 atom stereocenters. The molecular formula is C14H17BrN2. The molecule has 0 aliphatic heterocycles. The first-order valence-corrected chi connectivity index (χ1v) is 6.63. The Labute approximate surface area is 111 Å². The lowest BCUT2D eigenvalue weighted by atomic mass is 10.2. The van der Waals surface area contributed by atoms with Gasteiger partial charge in [-0.1, -0.05) is 22.0 Å². The summed E-state index contributed by atoms with van der Waals surface area (Å²) >= 11 is 3.54. The van der Waals surface area contributed by atoms with Gasteiger partial charge in [-0.2, -0.15) is 0 Å². The van der Waals surface area contributed by atoms with Gasteiger partial charge in [0.1, 0.15) is 0 Å². The Hall–Kier alpha value is -1.22. The largest absolute Gasteiger partial charge is 0.381 e. The van der Waals surface area contributed by atoms with Crippen LogP contribution in [-0.2, 0) is 13.1 Å². The minimum atomic E-state index is 0.864. The van der Waals surface area contributed by atoms with Crippen LogP contribution in [0.15, 0.2) is 41.1 Å². The van der Waals surface area contributed by atoms with Gasteiger partial charge in [0.05, 0.1) is 0 Å². The van der Waals surface area contributed by atoms with Crippen molar-refractivity contribution in [1.82, 2.24) is 4.57 Å². The van der Waals surface area contributed by atoms with Gasteiger partial charge >= 0.3 is 0 Å². The number of aromatic nitrogens is 1. The van der Waals surface area contributed by atoms with Crippen LogP contribution in [0.2, 0.25) is 0 Å². The number of hydrogen-bond donors (Lipinski definition) is 1. The Morgan fingerprint density at radius 2 is 2.12 bits per heavy atom. The van der Waals surface area contributed by atoms with Crippen molar-refractivity contribution >= 4 is 21.6 Å². The molecule has 1 N–H and O–H groups in total. The van der Waals surface area contributed by atoms with Gasteiger partial charge in [-0.25, -0.2) is 0 Å². The molecule has 1 aromatic heterocycles. The van der Waals surface area contributed by atoms with Crippen molar-refractivity contribution < 1.29 is 0 Å². The van der Waals surface area contributed by atoms with Gasteiger partial charge in [-0.15, -0.1) is 0 Å². The number of hydrogen-bond acceptors (Lipinski definition) is 1. The molecule has 1 aromatic carbocycles. The molecule has 0 amide bonds. The molecular weight excluding hydrogens is 276 g/mol. The normalized spacial score (nSPS) is 10.5. The van der Waals surface area contributed by atoms with E-state index in [1.165, 1.54) is 11.1 Å². The monoisotopic (exact) mass is 292 g/mol. The molecule has 2 aromatic rings. The summed E-state index contributed by atoms with van der Waals surface area (Å²) in [5.41, 5.74) is 3.71. The molecule has 0 bridgehead atoms. The van der Waals surface area contributed by atoms with Gasteiger partial charge in [0.25, 0.3) is 0 Å². The predicted octanol–water partition coefficient (Wildman–Crippen LogP) is 4.19. The van der Waals surface area contributed by atoms with Crippen molar-refractivity contribution in [2.75, 3.05) is 5.32 Å². The zero-order valence-electron chi connectivity index (χ0n) is 10.2. The van der Waals surface area contributed by atoms with E-state index in [9.17, 15) is 0 Å².